The van der Waals surface area contributed by atoms with Gasteiger partial charge in [0.05, 0.1) is 22.4 Å². The van der Waals surface area contributed by atoms with Gasteiger partial charge in [0.25, 0.3) is 5.91 Å². The number of pyridine rings is 1. The maximum absolute atomic E-state index is 13.1. The molecule has 0 atom stereocenters. The molecule has 0 aliphatic rings. The van der Waals surface area contributed by atoms with Gasteiger partial charge in [-0.1, -0.05) is 18.5 Å². The zero-order chi connectivity index (χ0) is 19.5. The standard InChI is InChI=1S/C17H21ClF3N3O2/c1-4-13-14(16(25)22-6-5-7-26-10(2)3)24-9-11(17(19,20)21)8-12(18)15(24)23-13/h8-10H,4-7H2,1-3H3,(H,22,25). The highest BCUT2D eigenvalue weighted by atomic mass is 35.5. The van der Waals surface area contributed by atoms with Gasteiger partial charge in [0.2, 0.25) is 0 Å². The van der Waals surface area contributed by atoms with Crippen LogP contribution in [0.25, 0.3) is 5.65 Å². The lowest BCUT2D eigenvalue weighted by Crippen LogP contribution is -2.27. The van der Waals surface area contributed by atoms with E-state index in [0.717, 1.165) is 16.7 Å². The molecule has 5 nitrogen and oxygen atoms in total. The summed E-state index contributed by atoms with van der Waals surface area (Å²) in [6.45, 7) is 6.41. The fourth-order valence-corrected chi connectivity index (χ4v) is 2.72. The van der Waals surface area contributed by atoms with Gasteiger partial charge in [-0.05, 0) is 32.8 Å². The number of aromatic nitrogens is 2. The molecule has 0 bridgehead atoms. The van der Waals surface area contributed by atoms with Crippen molar-refractivity contribution in [3.63, 3.8) is 0 Å². The van der Waals surface area contributed by atoms with Gasteiger partial charge in [-0.15, -0.1) is 0 Å². The Morgan fingerprint density at radius 1 is 1.42 bits per heavy atom. The lowest BCUT2D eigenvalue weighted by atomic mass is 10.2. The smallest absolute Gasteiger partial charge is 0.379 e. The Morgan fingerprint density at radius 3 is 2.69 bits per heavy atom. The number of carbonyl (C=O) groups excluding carboxylic acids is 1. The summed E-state index contributed by atoms with van der Waals surface area (Å²) in [7, 11) is 0. The summed E-state index contributed by atoms with van der Waals surface area (Å²) >= 11 is 5.96. The number of nitrogens with zero attached hydrogens (tertiary/aromatic N) is 2. The van der Waals surface area contributed by atoms with Crippen LogP contribution in [0.15, 0.2) is 12.3 Å². The van der Waals surface area contributed by atoms with E-state index in [4.69, 9.17) is 16.3 Å². The van der Waals surface area contributed by atoms with Crippen LogP contribution in [0.4, 0.5) is 13.2 Å². The number of aryl methyl sites for hydroxylation is 1. The highest BCUT2D eigenvalue weighted by Crippen LogP contribution is 2.33. The lowest BCUT2D eigenvalue weighted by molar-refractivity contribution is -0.137. The molecule has 0 aromatic carbocycles. The third kappa shape index (κ3) is 4.67. The van der Waals surface area contributed by atoms with E-state index < -0.39 is 17.6 Å². The van der Waals surface area contributed by atoms with Crippen LogP contribution in [0.2, 0.25) is 5.02 Å². The molecule has 0 radical (unpaired) electrons. The van der Waals surface area contributed by atoms with Crippen LogP contribution in [-0.4, -0.2) is 34.5 Å². The summed E-state index contributed by atoms with van der Waals surface area (Å²) in [6.07, 6.45) is -2.64. The summed E-state index contributed by atoms with van der Waals surface area (Å²) in [5, 5.41) is 2.55. The number of rotatable bonds is 7. The summed E-state index contributed by atoms with van der Waals surface area (Å²) in [6, 6.07) is 0.814. The molecule has 0 aliphatic heterocycles. The van der Waals surface area contributed by atoms with Gasteiger partial charge < -0.3 is 10.1 Å². The number of fused-ring (bicyclic) bond motifs is 1. The summed E-state index contributed by atoms with van der Waals surface area (Å²) in [5.74, 6) is -0.491. The number of carbonyl (C=O) groups is 1. The predicted molar refractivity (Wildman–Crippen MR) is 92.6 cm³/mol. The Balaban J connectivity index is 2.29. The molecule has 2 heterocycles. The van der Waals surface area contributed by atoms with Crippen LogP contribution in [0.1, 0.15) is 48.9 Å². The first-order chi connectivity index (χ1) is 12.1. The van der Waals surface area contributed by atoms with E-state index in [1.807, 2.05) is 13.8 Å². The van der Waals surface area contributed by atoms with Crippen LogP contribution in [0.5, 0.6) is 0 Å². The largest absolute Gasteiger partial charge is 0.417 e. The minimum Gasteiger partial charge on any atom is -0.379 e. The first-order valence-corrected chi connectivity index (χ1v) is 8.70. The molecule has 26 heavy (non-hydrogen) atoms. The van der Waals surface area contributed by atoms with Crippen molar-refractivity contribution in [2.45, 2.75) is 45.9 Å². The molecule has 0 saturated carbocycles. The maximum Gasteiger partial charge on any atom is 0.417 e. The average Bonchev–Trinajstić information content (AvgIpc) is 2.92. The second-order valence-corrected chi connectivity index (χ2v) is 6.46. The van der Waals surface area contributed by atoms with Gasteiger partial charge >= 0.3 is 6.18 Å². The van der Waals surface area contributed by atoms with E-state index >= 15 is 0 Å². The molecular weight excluding hydrogens is 371 g/mol. The molecule has 2 aromatic rings. The summed E-state index contributed by atoms with van der Waals surface area (Å²) in [4.78, 5) is 16.8. The van der Waals surface area contributed by atoms with Crippen molar-refractivity contribution >= 4 is 23.2 Å². The Morgan fingerprint density at radius 2 is 2.12 bits per heavy atom. The molecule has 0 aliphatic carbocycles. The van der Waals surface area contributed by atoms with Gasteiger partial charge in [0.15, 0.2) is 5.65 Å². The number of nitrogens with one attached hydrogen (secondary N) is 1. The number of hydrogen-bond acceptors (Lipinski definition) is 3. The van der Waals surface area contributed by atoms with E-state index in [1.165, 1.54) is 0 Å². The monoisotopic (exact) mass is 391 g/mol. The fourth-order valence-electron chi connectivity index (χ4n) is 2.47. The quantitative estimate of drug-likeness (QED) is 0.722. The Kier molecular flexibility index (Phi) is 6.52. The Bertz CT molecular complexity index is 788. The van der Waals surface area contributed by atoms with Crippen molar-refractivity contribution in [2.75, 3.05) is 13.2 Å². The minimum absolute atomic E-state index is 0.0697. The molecule has 2 aromatic heterocycles. The number of halogens is 4. The highest BCUT2D eigenvalue weighted by Gasteiger charge is 2.33. The molecule has 1 amide bonds. The number of alkyl halides is 3. The Labute approximate surface area is 154 Å². The zero-order valence-electron chi connectivity index (χ0n) is 14.8. The number of ether oxygens (including phenoxy) is 1. The van der Waals surface area contributed by atoms with Gasteiger partial charge in [-0.3, -0.25) is 9.20 Å². The second-order valence-electron chi connectivity index (χ2n) is 6.06. The molecule has 0 unspecified atom stereocenters. The average molecular weight is 392 g/mol. The predicted octanol–water partition coefficient (Wildman–Crippen LogP) is 4.11. The minimum atomic E-state index is -4.57. The summed E-state index contributed by atoms with van der Waals surface area (Å²) < 4.78 is 45.7. The molecule has 0 spiro atoms. The molecule has 9 heteroatoms. The molecule has 144 valence electrons. The van der Waals surface area contributed by atoms with Crippen LogP contribution in [0.3, 0.4) is 0 Å². The van der Waals surface area contributed by atoms with Gasteiger partial charge in [0.1, 0.15) is 5.69 Å². The van der Waals surface area contributed by atoms with Crippen LogP contribution in [-0.2, 0) is 17.3 Å². The topological polar surface area (TPSA) is 55.6 Å². The van der Waals surface area contributed by atoms with E-state index in [0.29, 0.717) is 31.7 Å². The highest BCUT2D eigenvalue weighted by molar-refractivity contribution is 6.33. The van der Waals surface area contributed by atoms with Crippen molar-refractivity contribution in [1.29, 1.82) is 0 Å². The van der Waals surface area contributed by atoms with Crippen molar-refractivity contribution < 1.29 is 22.7 Å². The lowest BCUT2D eigenvalue weighted by Gasteiger charge is -2.11. The second kappa shape index (κ2) is 8.26. The number of amides is 1. The summed E-state index contributed by atoms with van der Waals surface area (Å²) in [5.41, 5.74) is -0.346. The van der Waals surface area contributed by atoms with Gasteiger partial charge in [-0.2, -0.15) is 13.2 Å². The van der Waals surface area contributed by atoms with Crippen molar-refractivity contribution in [3.8, 4) is 0 Å². The van der Waals surface area contributed by atoms with Gasteiger partial charge in [0, 0.05) is 19.3 Å². The number of imidazole rings is 1. The van der Waals surface area contributed by atoms with Crippen molar-refractivity contribution in [3.05, 3.63) is 34.2 Å². The molecule has 1 N–H and O–H groups in total. The Hall–Kier alpha value is -1.80. The van der Waals surface area contributed by atoms with E-state index in [-0.39, 0.29) is 22.5 Å². The number of hydrogen-bond donors (Lipinski definition) is 1. The third-order valence-corrected chi connectivity index (χ3v) is 3.96. The molecular formula is C17H21ClF3N3O2. The van der Waals surface area contributed by atoms with E-state index in [1.54, 1.807) is 6.92 Å². The first kappa shape index (κ1) is 20.5. The van der Waals surface area contributed by atoms with Crippen LogP contribution < -0.4 is 5.32 Å². The van der Waals surface area contributed by atoms with Gasteiger partial charge in [-0.25, -0.2) is 4.98 Å². The van der Waals surface area contributed by atoms with Crippen LogP contribution in [0, 0.1) is 0 Å². The maximum atomic E-state index is 13.1. The van der Waals surface area contributed by atoms with E-state index in [2.05, 4.69) is 10.3 Å². The first-order valence-electron chi connectivity index (χ1n) is 8.32. The normalized spacial score (nSPS) is 12.2. The third-order valence-electron chi connectivity index (χ3n) is 3.68. The molecule has 0 saturated heterocycles. The zero-order valence-corrected chi connectivity index (χ0v) is 15.5. The fraction of sp³-hybridized carbons (Fsp3) is 0.529. The van der Waals surface area contributed by atoms with Crippen molar-refractivity contribution in [1.82, 2.24) is 14.7 Å². The van der Waals surface area contributed by atoms with E-state index in [9.17, 15) is 18.0 Å². The van der Waals surface area contributed by atoms with Crippen molar-refractivity contribution in [2.24, 2.45) is 0 Å². The SMILES string of the molecule is CCc1nc2c(Cl)cc(C(F)(F)F)cn2c1C(=O)NCCCOC(C)C. The molecule has 2 rings (SSSR count). The molecule has 0 fully saturated rings. The van der Waals surface area contributed by atoms with Crippen LogP contribution >= 0.6 is 11.6 Å².